The molecule has 1 aliphatic carbocycles. The van der Waals surface area contributed by atoms with Crippen LogP contribution >= 0.6 is 0 Å². The number of hydrogen-bond acceptors (Lipinski definition) is 4. The standard InChI is InChI=1S/C13H18N4/c1-17(12-4-5-12)8-7-15-10-11-3-2-6-16-13(11)9-14/h2-3,6,12,15H,4-5,7-8,10H2,1H3. The zero-order valence-electron chi connectivity index (χ0n) is 10.2. The van der Waals surface area contributed by atoms with Crippen LogP contribution in [-0.2, 0) is 6.54 Å². The van der Waals surface area contributed by atoms with Crippen LogP contribution in [0, 0.1) is 11.3 Å². The lowest BCUT2D eigenvalue weighted by atomic mass is 10.2. The van der Waals surface area contributed by atoms with Gasteiger partial charge in [-0.1, -0.05) is 6.07 Å². The molecule has 1 aromatic rings. The van der Waals surface area contributed by atoms with Crippen molar-refractivity contribution < 1.29 is 0 Å². The molecule has 90 valence electrons. The summed E-state index contributed by atoms with van der Waals surface area (Å²) >= 11 is 0. The van der Waals surface area contributed by atoms with Gasteiger partial charge in [0.25, 0.3) is 0 Å². The molecule has 1 aliphatic rings. The molecule has 1 heterocycles. The highest BCUT2D eigenvalue weighted by atomic mass is 15.2. The van der Waals surface area contributed by atoms with Crippen molar-refractivity contribution in [2.75, 3.05) is 20.1 Å². The largest absolute Gasteiger partial charge is 0.311 e. The lowest BCUT2D eigenvalue weighted by molar-refractivity contribution is 0.321. The topological polar surface area (TPSA) is 52.0 Å². The van der Waals surface area contributed by atoms with Crippen LogP contribution < -0.4 is 5.32 Å². The van der Waals surface area contributed by atoms with E-state index in [0.717, 1.165) is 31.2 Å². The minimum absolute atomic E-state index is 0.524. The first-order chi connectivity index (χ1) is 8.31. The fraction of sp³-hybridized carbons (Fsp3) is 0.538. The minimum Gasteiger partial charge on any atom is -0.311 e. The number of rotatable bonds is 6. The van der Waals surface area contributed by atoms with Gasteiger partial charge in [0.1, 0.15) is 11.8 Å². The zero-order chi connectivity index (χ0) is 12.1. The zero-order valence-corrected chi connectivity index (χ0v) is 10.2. The Labute approximate surface area is 102 Å². The van der Waals surface area contributed by atoms with Gasteiger partial charge in [0.15, 0.2) is 0 Å². The van der Waals surface area contributed by atoms with Crippen LogP contribution in [0.3, 0.4) is 0 Å². The Hall–Kier alpha value is -1.44. The minimum atomic E-state index is 0.524. The third kappa shape index (κ3) is 3.52. The maximum absolute atomic E-state index is 8.90. The van der Waals surface area contributed by atoms with Crippen molar-refractivity contribution in [3.63, 3.8) is 0 Å². The molecule has 17 heavy (non-hydrogen) atoms. The highest BCUT2D eigenvalue weighted by molar-refractivity contribution is 5.30. The lowest BCUT2D eigenvalue weighted by Gasteiger charge is -2.15. The van der Waals surface area contributed by atoms with E-state index in [2.05, 4.69) is 28.3 Å². The number of pyridine rings is 1. The van der Waals surface area contributed by atoms with Crippen LogP contribution in [-0.4, -0.2) is 36.1 Å². The van der Waals surface area contributed by atoms with Crippen molar-refractivity contribution in [1.29, 1.82) is 5.26 Å². The van der Waals surface area contributed by atoms with Gasteiger partial charge in [-0.2, -0.15) is 5.26 Å². The summed E-state index contributed by atoms with van der Waals surface area (Å²) in [6.45, 7) is 2.73. The van der Waals surface area contributed by atoms with Crippen LogP contribution in [0.1, 0.15) is 24.1 Å². The van der Waals surface area contributed by atoms with Crippen molar-refractivity contribution in [3.8, 4) is 6.07 Å². The normalized spacial score (nSPS) is 14.9. The summed E-state index contributed by atoms with van der Waals surface area (Å²) in [6.07, 6.45) is 4.35. The fourth-order valence-corrected chi connectivity index (χ4v) is 1.86. The third-order valence-electron chi connectivity index (χ3n) is 3.12. The number of hydrogen-bond donors (Lipinski definition) is 1. The number of nitrogens with one attached hydrogen (secondary N) is 1. The van der Waals surface area contributed by atoms with Gasteiger partial charge >= 0.3 is 0 Å². The van der Waals surface area contributed by atoms with Crippen LogP contribution in [0.25, 0.3) is 0 Å². The van der Waals surface area contributed by atoms with E-state index in [4.69, 9.17) is 5.26 Å². The summed E-state index contributed by atoms with van der Waals surface area (Å²) in [5, 5.41) is 12.3. The van der Waals surface area contributed by atoms with E-state index in [-0.39, 0.29) is 0 Å². The van der Waals surface area contributed by atoms with Gasteiger partial charge in [0.2, 0.25) is 0 Å². The molecular weight excluding hydrogens is 212 g/mol. The molecule has 0 bridgehead atoms. The van der Waals surface area contributed by atoms with Crippen LogP contribution in [0.2, 0.25) is 0 Å². The van der Waals surface area contributed by atoms with Crippen LogP contribution in [0.4, 0.5) is 0 Å². The molecule has 0 spiro atoms. The number of nitrogens with zero attached hydrogens (tertiary/aromatic N) is 3. The van der Waals surface area contributed by atoms with Crippen LogP contribution in [0.15, 0.2) is 18.3 Å². The molecule has 0 unspecified atom stereocenters. The Morgan fingerprint density at radius 1 is 1.59 bits per heavy atom. The quantitative estimate of drug-likeness (QED) is 0.744. The molecule has 0 saturated heterocycles. The summed E-state index contributed by atoms with van der Waals surface area (Å²) in [6, 6.07) is 6.74. The smallest absolute Gasteiger partial charge is 0.144 e. The molecule has 1 aromatic heterocycles. The SMILES string of the molecule is CN(CCNCc1cccnc1C#N)C1CC1. The summed E-state index contributed by atoms with van der Waals surface area (Å²) in [5.41, 5.74) is 1.50. The molecule has 0 aliphatic heterocycles. The first-order valence-electron chi connectivity index (χ1n) is 6.06. The van der Waals surface area contributed by atoms with Crippen molar-refractivity contribution >= 4 is 0 Å². The first kappa shape index (κ1) is 12.0. The molecule has 2 rings (SSSR count). The Balaban J connectivity index is 1.72. The van der Waals surface area contributed by atoms with Crippen molar-refractivity contribution in [2.24, 2.45) is 0 Å². The average Bonchev–Trinajstić information content (AvgIpc) is 3.19. The van der Waals surface area contributed by atoms with E-state index in [0.29, 0.717) is 5.69 Å². The maximum Gasteiger partial charge on any atom is 0.144 e. The Morgan fingerprint density at radius 2 is 2.41 bits per heavy atom. The highest BCUT2D eigenvalue weighted by Crippen LogP contribution is 2.24. The summed E-state index contributed by atoms with van der Waals surface area (Å²) in [5.74, 6) is 0. The fourth-order valence-electron chi connectivity index (χ4n) is 1.86. The number of likely N-dealkylation sites (N-methyl/N-ethyl adjacent to an activating group) is 1. The predicted octanol–water partition coefficient (Wildman–Crippen LogP) is 1.14. The van der Waals surface area contributed by atoms with Gasteiger partial charge < -0.3 is 10.2 Å². The van der Waals surface area contributed by atoms with E-state index >= 15 is 0 Å². The molecule has 0 aromatic carbocycles. The first-order valence-corrected chi connectivity index (χ1v) is 6.06. The van der Waals surface area contributed by atoms with Gasteiger partial charge in [-0.3, -0.25) is 0 Å². The van der Waals surface area contributed by atoms with E-state index in [9.17, 15) is 0 Å². The lowest BCUT2D eigenvalue weighted by Crippen LogP contribution is -2.30. The molecule has 1 fully saturated rings. The highest BCUT2D eigenvalue weighted by Gasteiger charge is 2.25. The van der Waals surface area contributed by atoms with Gasteiger partial charge in [0, 0.05) is 37.4 Å². The van der Waals surface area contributed by atoms with Gasteiger partial charge in [0.05, 0.1) is 0 Å². The average molecular weight is 230 g/mol. The molecule has 1 N–H and O–H groups in total. The molecule has 0 atom stereocenters. The molecule has 0 amide bonds. The van der Waals surface area contributed by atoms with Crippen molar-refractivity contribution in [3.05, 3.63) is 29.6 Å². The second-order valence-corrected chi connectivity index (χ2v) is 4.51. The van der Waals surface area contributed by atoms with Crippen molar-refractivity contribution in [2.45, 2.75) is 25.4 Å². The van der Waals surface area contributed by atoms with Crippen LogP contribution in [0.5, 0.6) is 0 Å². The van der Waals surface area contributed by atoms with E-state index in [1.807, 2.05) is 12.1 Å². The van der Waals surface area contributed by atoms with Gasteiger partial charge in [-0.25, -0.2) is 4.98 Å². The maximum atomic E-state index is 8.90. The molecule has 4 heteroatoms. The monoisotopic (exact) mass is 230 g/mol. The third-order valence-corrected chi connectivity index (χ3v) is 3.12. The van der Waals surface area contributed by atoms with Gasteiger partial charge in [-0.15, -0.1) is 0 Å². The Morgan fingerprint density at radius 3 is 3.12 bits per heavy atom. The molecule has 1 saturated carbocycles. The molecular formula is C13H18N4. The van der Waals surface area contributed by atoms with E-state index in [1.165, 1.54) is 12.8 Å². The van der Waals surface area contributed by atoms with Crippen molar-refractivity contribution in [1.82, 2.24) is 15.2 Å². The Bertz CT molecular complexity index is 406. The summed E-state index contributed by atoms with van der Waals surface area (Å²) in [7, 11) is 2.17. The molecule has 4 nitrogen and oxygen atoms in total. The van der Waals surface area contributed by atoms with E-state index in [1.54, 1.807) is 6.20 Å². The number of aromatic nitrogens is 1. The summed E-state index contributed by atoms with van der Waals surface area (Å²) < 4.78 is 0. The van der Waals surface area contributed by atoms with E-state index < -0.39 is 0 Å². The molecule has 0 radical (unpaired) electrons. The second-order valence-electron chi connectivity index (χ2n) is 4.51. The van der Waals surface area contributed by atoms with Gasteiger partial charge in [-0.05, 0) is 26.0 Å². The number of nitriles is 1. The Kier molecular flexibility index (Phi) is 4.08. The second kappa shape index (κ2) is 5.76. The summed E-state index contributed by atoms with van der Waals surface area (Å²) in [4.78, 5) is 6.43. The predicted molar refractivity (Wildman–Crippen MR) is 66.3 cm³/mol.